The van der Waals surface area contributed by atoms with Gasteiger partial charge in [0.15, 0.2) is 0 Å². The van der Waals surface area contributed by atoms with Gasteiger partial charge in [0.05, 0.1) is 6.54 Å². The highest BCUT2D eigenvalue weighted by Gasteiger charge is 2.02. The van der Waals surface area contributed by atoms with E-state index in [0.29, 0.717) is 13.1 Å². The zero-order valence-corrected chi connectivity index (χ0v) is 7.89. The SMILES string of the molecule is C=CCNCC(=O)NC(C)CC. The summed E-state index contributed by atoms with van der Waals surface area (Å²) in [4.78, 5) is 11.1. The van der Waals surface area contributed by atoms with Gasteiger partial charge in [0.1, 0.15) is 0 Å². The fourth-order valence-corrected chi connectivity index (χ4v) is 0.716. The Morgan fingerprint density at radius 1 is 1.67 bits per heavy atom. The van der Waals surface area contributed by atoms with E-state index in [1.807, 2.05) is 13.8 Å². The van der Waals surface area contributed by atoms with Crippen molar-refractivity contribution in [3.63, 3.8) is 0 Å². The van der Waals surface area contributed by atoms with Gasteiger partial charge in [-0.2, -0.15) is 0 Å². The van der Waals surface area contributed by atoms with E-state index in [2.05, 4.69) is 17.2 Å². The van der Waals surface area contributed by atoms with Crippen LogP contribution >= 0.6 is 0 Å². The van der Waals surface area contributed by atoms with E-state index >= 15 is 0 Å². The van der Waals surface area contributed by atoms with Crippen LogP contribution in [0.3, 0.4) is 0 Å². The molecule has 2 N–H and O–H groups in total. The van der Waals surface area contributed by atoms with E-state index in [0.717, 1.165) is 6.42 Å². The molecule has 70 valence electrons. The van der Waals surface area contributed by atoms with E-state index in [1.165, 1.54) is 0 Å². The van der Waals surface area contributed by atoms with Crippen molar-refractivity contribution in [3.05, 3.63) is 12.7 Å². The maximum Gasteiger partial charge on any atom is 0.234 e. The van der Waals surface area contributed by atoms with Crippen molar-refractivity contribution in [3.8, 4) is 0 Å². The number of carbonyl (C=O) groups excluding carboxylic acids is 1. The van der Waals surface area contributed by atoms with E-state index in [1.54, 1.807) is 6.08 Å². The van der Waals surface area contributed by atoms with Crippen molar-refractivity contribution in [2.24, 2.45) is 0 Å². The first-order valence-electron chi connectivity index (χ1n) is 4.31. The number of hydrogen-bond donors (Lipinski definition) is 2. The summed E-state index contributed by atoms with van der Waals surface area (Å²) in [5.74, 6) is 0.0474. The molecule has 0 radical (unpaired) electrons. The monoisotopic (exact) mass is 170 g/mol. The lowest BCUT2D eigenvalue weighted by atomic mass is 10.2. The highest BCUT2D eigenvalue weighted by Crippen LogP contribution is 1.86. The first kappa shape index (κ1) is 11.2. The smallest absolute Gasteiger partial charge is 0.234 e. The molecule has 0 bridgehead atoms. The van der Waals surface area contributed by atoms with Crippen molar-refractivity contribution in [1.29, 1.82) is 0 Å². The summed E-state index contributed by atoms with van der Waals surface area (Å²) in [5, 5.41) is 5.79. The number of carbonyl (C=O) groups is 1. The molecule has 1 unspecified atom stereocenters. The van der Waals surface area contributed by atoms with Crippen LogP contribution in [0.15, 0.2) is 12.7 Å². The Morgan fingerprint density at radius 3 is 2.83 bits per heavy atom. The minimum atomic E-state index is 0.0474. The average Bonchev–Trinajstić information content (AvgIpc) is 2.05. The molecule has 3 heteroatoms. The second-order valence-electron chi connectivity index (χ2n) is 2.80. The molecule has 0 aromatic heterocycles. The van der Waals surface area contributed by atoms with Crippen LogP contribution in [0.5, 0.6) is 0 Å². The molecule has 0 aromatic rings. The summed E-state index contributed by atoms with van der Waals surface area (Å²) in [7, 11) is 0. The molecule has 0 saturated heterocycles. The largest absolute Gasteiger partial charge is 0.353 e. The summed E-state index contributed by atoms with van der Waals surface area (Å²) in [5.41, 5.74) is 0. The van der Waals surface area contributed by atoms with E-state index in [4.69, 9.17) is 0 Å². The molecule has 0 aliphatic rings. The molecule has 0 fully saturated rings. The lowest BCUT2D eigenvalue weighted by Crippen LogP contribution is -2.38. The third-order valence-electron chi connectivity index (χ3n) is 1.59. The highest BCUT2D eigenvalue weighted by molar-refractivity contribution is 5.78. The third-order valence-corrected chi connectivity index (χ3v) is 1.59. The van der Waals surface area contributed by atoms with Gasteiger partial charge in [-0.25, -0.2) is 0 Å². The van der Waals surface area contributed by atoms with Crippen molar-refractivity contribution in [1.82, 2.24) is 10.6 Å². The summed E-state index contributed by atoms with van der Waals surface area (Å²) >= 11 is 0. The Balaban J connectivity index is 3.39. The van der Waals surface area contributed by atoms with Crippen LogP contribution in [-0.2, 0) is 4.79 Å². The topological polar surface area (TPSA) is 41.1 Å². The third kappa shape index (κ3) is 5.92. The Labute approximate surface area is 74.2 Å². The van der Waals surface area contributed by atoms with Crippen molar-refractivity contribution >= 4 is 5.91 Å². The molecule has 0 rings (SSSR count). The second kappa shape index (κ2) is 6.85. The fraction of sp³-hybridized carbons (Fsp3) is 0.667. The van der Waals surface area contributed by atoms with Crippen molar-refractivity contribution < 1.29 is 4.79 Å². The van der Waals surface area contributed by atoms with Gasteiger partial charge in [-0.3, -0.25) is 4.79 Å². The molecule has 0 aliphatic heterocycles. The van der Waals surface area contributed by atoms with Crippen LogP contribution in [0.25, 0.3) is 0 Å². The zero-order chi connectivity index (χ0) is 9.40. The van der Waals surface area contributed by atoms with E-state index in [9.17, 15) is 4.79 Å². The number of nitrogens with one attached hydrogen (secondary N) is 2. The molecular formula is C9H18N2O. The maximum atomic E-state index is 11.1. The summed E-state index contributed by atoms with van der Waals surface area (Å²) in [6.07, 6.45) is 2.70. The van der Waals surface area contributed by atoms with Gasteiger partial charge in [-0.1, -0.05) is 13.0 Å². The van der Waals surface area contributed by atoms with Gasteiger partial charge in [-0.05, 0) is 13.3 Å². The van der Waals surface area contributed by atoms with Crippen molar-refractivity contribution in [2.75, 3.05) is 13.1 Å². The molecule has 3 nitrogen and oxygen atoms in total. The average molecular weight is 170 g/mol. The molecule has 0 aromatic carbocycles. The lowest BCUT2D eigenvalue weighted by molar-refractivity contribution is -0.120. The van der Waals surface area contributed by atoms with Gasteiger partial charge in [0.2, 0.25) is 5.91 Å². The summed E-state index contributed by atoms with van der Waals surface area (Å²) < 4.78 is 0. The second-order valence-corrected chi connectivity index (χ2v) is 2.80. The van der Waals surface area contributed by atoms with Crippen LogP contribution in [0.4, 0.5) is 0 Å². The van der Waals surface area contributed by atoms with E-state index < -0.39 is 0 Å². The molecule has 0 aliphatic carbocycles. The Morgan fingerprint density at radius 2 is 2.33 bits per heavy atom. The minimum absolute atomic E-state index is 0.0474. The first-order chi connectivity index (χ1) is 5.70. The molecule has 0 saturated carbocycles. The Hall–Kier alpha value is -0.830. The quantitative estimate of drug-likeness (QED) is 0.454. The summed E-state index contributed by atoms with van der Waals surface area (Å²) in [6.45, 7) is 8.62. The molecule has 1 atom stereocenters. The molecule has 0 heterocycles. The van der Waals surface area contributed by atoms with Gasteiger partial charge in [0, 0.05) is 12.6 Å². The van der Waals surface area contributed by atoms with Gasteiger partial charge in [0.25, 0.3) is 0 Å². The number of rotatable bonds is 6. The number of amides is 1. The normalized spacial score (nSPS) is 12.2. The first-order valence-corrected chi connectivity index (χ1v) is 4.31. The highest BCUT2D eigenvalue weighted by atomic mass is 16.1. The molecular weight excluding hydrogens is 152 g/mol. The predicted molar refractivity (Wildman–Crippen MR) is 51.0 cm³/mol. The fourth-order valence-electron chi connectivity index (χ4n) is 0.716. The minimum Gasteiger partial charge on any atom is -0.353 e. The molecule has 12 heavy (non-hydrogen) atoms. The van der Waals surface area contributed by atoms with Crippen molar-refractivity contribution in [2.45, 2.75) is 26.3 Å². The van der Waals surface area contributed by atoms with E-state index in [-0.39, 0.29) is 11.9 Å². The summed E-state index contributed by atoms with van der Waals surface area (Å²) in [6, 6.07) is 0.267. The number of hydrogen-bond acceptors (Lipinski definition) is 2. The van der Waals surface area contributed by atoms with Crippen LogP contribution < -0.4 is 10.6 Å². The zero-order valence-electron chi connectivity index (χ0n) is 7.89. The predicted octanol–water partition coefficient (Wildman–Crippen LogP) is 0.677. The van der Waals surface area contributed by atoms with Gasteiger partial charge >= 0.3 is 0 Å². The maximum absolute atomic E-state index is 11.1. The Bertz CT molecular complexity index is 145. The molecule has 0 spiro atoms. The van der Waals surface area contributed by atoms with Crippen LogP contribution in [-0.4, -0.2) is 25.0 Å². The van der Waals surface area contributed by atoms with Crippen LogP contribution in [0, 0.1) is 0 Å². The van der Waals surface area contributed by atoms with Crippen LogP contribution in [0.1, 0.15) is 20.3 Å². The van der Waals surface area contributed by atoms with Gasteiger partial charge in [-0.15, -0.1) is 6.58 Å². The van der Waals surface area contributed by atoms with Crippen LogP contribution in [0.2, 0.25) is 0 Å². The van der Waals surface area contributed by atoms with Gasteiger partial charge < -0.3 is 10.6 Å². The molecule has 1 amide bonds. The lowest BCUT2D eigenvalue weighted by Gasteiger charge is -2.10. The Kier molecular flexibility index (Phi) is 6.38. The standard InChI is InChI=1S/C9H18N2O/c1-4-6-10-7-9(12)11-8(3)5-2/h4,8,10H,1,5-7H2,2-3H3,(H,11,12).